The molecule has 3 nitrogen and oxygen atoms in total. The summed E-state index contributed by atoms with van der Waals surface area (Å²) in [6.45, 7) is 0. The minimum absolute atomic E-state index is 0.122. The molecule has 0 aliphatic rings. The molecule has 0 saturated carbocycles. The number of carbonyl (C=O) groups is 1. The third-order valence-corrected chi connectivity index (χ3v) is 3.64. The second-order valence-electron chi connectivity index (χ2n) is 4.19. The third-order valence-electron chi connectivity index (χ3n) is 2.85. The largest absolute Gasteiger partial charge is 0.287 e. The van der Waals surface area contributed by atoms with Crippen LogP contribution < -0.4 is 0 Å². The van der Waals surface area contributed by atoms with Gasteiger partial charge in [0.2, 0.25) is 5.78 Å². The summed E-state index contributed by atoms with van der Waals surface area (Å²) in [7, 11) is 0. The molecule has 0 unspecified atom stereocenters. The van der Waals surface area contributed by atoms with E-state index >= 15 is 0 Å². The molecule has 1 aromatic heterocycles. The Morgan fingerprint density at radius 2 is 1.55 bits per heavy atom. The van der Waals surface area contributed by atoms with Crippen LogP contribution in [0.15, 0.2) is 53.0 Å². The van der Waals surface area contributed by atoms with Gasteiger partial charge < -0.3 is 0 Å². The molecule has 5 heteroatoms. The van der Waals surface area contributed by atoms with Gasteiger partial charge in [-0.15, -0.1) is 0 Å². The molecule has 3 rings (SSSR count). The molecule has 0 radical (unpaired) electrons. The Hall–Kier alpha value is -1.78. The highest BCUT2D eigenvalue weighted by Gasteiger charge is 2.16. The molecule has 3 aromatic rings. The zero-order valence-corrected chi connectivity index (χ0v) is 12.5. The predicted octanol–water partition coefficient (Wildman–Crippen LogP) is 4.28. The summed E-state index contributed by atoms with van der Waals surface area (Å²) in [5, 5.41) is 0.122. The van der Waals surface area contributed by atoms with Crippen molar-refractivity contribution in [1.29, 1.82) is 0 Å². The second kappa shape index (κ2) is 5.31. The van der Waals surface area contributed by atoms with E-state index in [1.165, 1.54) is 0 Å². The zero-order valence-electron chi connectivity index (χ0n) is 10.2. The smallest absolute Gasteiger partial charge is 0.214 e. The third kappa shape index (κ3) is 2.44. The van der Waals surface area contributed by atoms with Crippen LogP contribution in [0.5, 0.6) is 0 Å². The standard InChI is InChI=1S/C15H8BrClN2O/c16-10-7-5-9(6-8-10)14(20)13-15(17)19-12-4-2-1-3-11(12)18-13/h1-8H. The molecule has 0 N–H and O–H groups in total. The Labute approximate surface area is 128 Å². The molecule has 0 amide bonds. The van der Waals surface area contributed by atoms with Crippen molar-refractivity contribution in [2.75, 3.05) is 0 Å². The maximum atomic E-state index is 12.4. The van der Waals surface area contributed by atoms with Gasteiger partial charge in [-0.3, -0.25) is 4.79 Å². The van der Waals surface area contributed by atoms with Crippen LogP contribution in [0.1, 0.15) is 16.1 Å². The van der Waals surface area contributed by atoms with Crippen LogP contribution in [0.3, 0.4) is 0 Å². The van der Waals surface area contributed by atoms with E-state index in [0.717, 1.165) is 4.47 Å². The van der Waals surface area contributed by atoms with E-state index in [0.29, 0.717) is 16.6 Å². The molecule has 0 aliphatic carbocycles. The summed E-state index contributed by atoms with van der Waals surface area (Å²) < 4.78 is 0.907. The lowest BCUT2D eigenvalue weighted by Crippen LogP contribution is -2.06. The number of para-hydroxylation sites is 2. The minimum atomic E-state index is -0.235. The Bertz CT molecular complexity index is 803. The van der Waals surface area contributed by atoms with Gasteiger partial charge in [-0.25, -0.2) is 9.97 Å². The van der Waals surface area contributed by atoms with Crippen LogP contribution in [0.4, 0.5) is 0 Å². The van der Waals surface area contributed by atoms with Crippen molar-refractivity contribution in [3.05, 3.63) is 69.4 Å². The van der Waals surface area contributed by atoms with Crippen LogP contribution in [-0.2, 0) is 0 Å². The van der Waals surface area contributed by atoms with E-state index in [2.05, 4.69) is 25.9 Å². The quantitative estimate of drug-likeness (QED) is 0.650. The lowest BCUT2D eigenvalue weighted by Gasteiger charge is -2.04. The fourth-order valence-corrected chi connectivity index (χ4v) is 2.34. The molecule has 0 bridgehead atoms. The van der Waals surface area contributed by atoms with Crippen LogP contribution in [0, 0.1) is 0 Å². The van der Waals surface area contributed by atoms with Gasteiger partial charge in [0.05, 0.1) is 11.0 Å². The molecule has 98 valence electrons. The first kappa shape index (κ1) is 13.2. The number of carbonyl (C=O) groups excluding carboxylic acids is 1. The molecule has 0 aliphatic heterocycles. The van der Waals surface area contributed by atoms with Gasteiger partial charge in [0.1, 0.15) is 5.69 Å². The van der Waals surface area contributed by atoms with Crippen molar-refractivity contribution in [3.8, 4) is 0 Å². The SMILES string of the molecule is O=C(c1ccc(Br)cc1)c1nc2ccccc2nc1Cl. The molecular weight excluding hydrogens is 340 g/mol. The number of rotatable bonds is 2. The topological polar surface area (TPSA) is 42.9 Å². The van der Waals surface area contributed by atoms with Gasteiger partial charge in [-0.05, 0) is 36.4 Å². The second-order valence-corrected chi connectivity index (χ2v) is 5.46. The van der Waals surface area contributed by atoms with Crippen LogP contribution in [0.25, 0.3) is 11.0 Å². The van der Waals surface area contributed by atoms with Crippen molar-refractivity contribution in [1.82, 2.24) is 9.97 Å². The van der Waals surface area contributed by atoms with Crippen molar-refractivity contribution in [2.45, 2.75) is 0 Å². The number of halogens is 2. The molecule has 0 saturated heterocycles. The fourth-order valence-electron chi connectivity index (χ4n) is 1.86. The van der Waals surface area contributed by atoms with Crippen molar-refractivity contribution < 1.29 is 4.79 Å². The Morgan fingerprint density at radius 1 is 0.950 bits per heavy atom. The van der Waals surface area contributed by atoms with E-state index in [4.69, 9.17) is 11.6 Å². The summed E-state index contributed by atoms with van der Waals surface area (Å²) >= 11 is 9.41. The molecule has 0 spiro atoms. The van der Waals surface area contributed by atoms with Gasteiger partial charge in [0, 0.05) is 10.0 Å². The molecule has 20 heavy (non-hydrogen) atoms. The molecule has 0 atom stereocenters. The van der Waals surface area contributed by atoms with E-state index in [-0.39, 0.29) is 16.6 Å². The van der Waals surface area contributed by atoms with Crippen molar-refractivity contribution >= 4 is 44.3 Å². The Kier molecular flexibility index (Phi) is 3.51. The molecule has 1 heterocycles. The van der Waals surface area contributed by atoms with Gasteiger partial charge in [0.25, 0.3) is 0 Å². The van der Waals surface area contributed by atoms with Crippen LogP contribution in [0.2, 0.25) is 5.15 Å². The molecule has 2 aromatic carbocycles. The average Bonchev–Trinajstić information content (AvgIpc) is 2.46. The Morgan fingerprint density at radius 3 is 2.20 bits per heavy atom. The maximum absolute atomic E-state index is 12.4. The number of hydrogen-bond donors (Lipinski definition) is 0. The van der Waals surface area contributed by atoms with Gasteiger partial charge in [-0.2, -0.15) is 0 Å². The highest BCUT2D eigenvalue weighted by atomic mass is 79.9. The number of ketones is 1. The van der Waals surface area contributed by atoms with E-state index in [1.54, 1.807) is 30.3 Å². The van der Waals surface area contributed by atoms with Gasteiger partial charge in [0.15, 0.2) is 5.15 Å². The first-order valence-electron chi connectivity index (χ1n) is 5.88. The van der Waals surface area contributed by atoms with Crippen LogP contribution in [-0.4, -0.2) is 15.8 Å². The highest BCUT2D eigenvalue weighted by molar-refractivity contribution is 9.10. The first-order chi connectivity index (χ1) is 9.65. The number of fused-ring (bicyclic) bond motifs is 1. The number of aromatic nitrogens is 2. The molecular formula is C15H8BrClN2O. The fraction of sp³-hybridized carbons (Fsp3) is 0. The highest BCUT2D eigenvalue weighted by Crippen LogP contribution is 2.20. The average molecular weight is 348 g/mol. The lowest BCUT2D eigenvalue weighted by molar-refractivity contribution is 0.103. The summed E-state index contributed by atoms with van der Waals surface area (Å²) in [6, 6.07) is 14.4. The summed E-state index contributed by atoms with van der Waals surface area (Å²) in [5.74, 6) is -0.235. The first-order valence-corrected chi connectivity index (χ1v) is 7.05. The summed E-state index contributed by atoms with van der Waals surface area (Å²) in [4.78, 5) is 21.0. The minimum Gasteiger partial charge on any atom is -0.287 e. The van der Waals surface area contributed by atoms with Crippen molar-refractivity contribution in [2.24, 2.45) is 0 Å². The molecule has 0 fully saturated rings. The van der Waals surface area contributed by atoms with Crippen molar-refractivity contribution in [3.63, 3.8) is 0 Å². The van der Waals surface area contributed by atoms with E-state index in [9.17, 15) is 4.79 Å². The maximum Gasteiger partial charge on any atom is 0.214 e. The number of benzene rings is 2. The van der Waals surface area contributed by atoms with E-state index < -0.39 is 0 Å². The summed E-state index contributed by atoms with van der Waals surface area (Å²) in [5.41, 5.74) is 2.02. The monoisotopic (exact) mass is 346 g/mol. The van der Waals surface area contributed by atoms with Gasteiger partial charge in [-0.1, -0.05) is 39.7 Å². The van der Waals surface area contributed by atoms with E-state index in [1.807, 2.05) is 18.2 Å². The zero-order chi connectivity index (χ0) is 14.1. The Balaban J connectivity index is 2.11. The number of nitrogens with zero attached hydrogens (tertiary/aromatic N) is 2. The predicted molar refractivity (Wildman–Crippen MR) is 82.1 cm³/mol. The number of hydrogen-bond acceptors (Lipinski definition) is 3. The lowest BCUT2D eigenvalue weighted by atomic mass is 10.1. The van der Waals surface area contributed by atoms with Crippen LogP contribution >= 0.6 is 27.5 Å². The summed E-state index contributed by atoms with van der Waals surface area (Å²) in [6.07, 6.45) is 0. The normalized spacial score (nSPS) is 10.7. The van der Waals surface area contributed by atoms with Gasteiger partial charge >= 0.3 is 0 Å².